The molecule has 28 heavy (non-hydrogen) atoms. The lowest BCUT2D eigenvalue weighted by Crippen LogP contribution is -2.42. The minimum atomic E-state index is -0.243. The van der Waals surface area contributed by atoms with E-state index in [-0.39, 0.29) is 18.5 Å². The van der Waals surface area contributed by atoms with E-state index in [1.807, 2.05) is 48.5 Å². The van der Waals surface area contributed by atoms with Gasteiger partial charge in [-0.3, -0.25) is 4.79 Å². The highest BCUT2D eigenvalue weighted by atomic mass is 16.5. The molecule has 2 aromatic rings. The summed E-state index contributed by atoms with van der Waals surface area (Å²) < 4.78 is 10.7. The summed E-state index contributed by atoms with van der Waals surface area (Å²) in [6.45, 7) is 1.84. The summed E-state index contributed by atoms with van der Waals surface area (Å²) >= 11 is 0. The van der Waals surface area contributed by atoms with Gasteiger partial charge in [0.2, 0.25) is 0 Å². The summed E-state index contributed by atoms with van der Waals surface area (Å²) in [5, 5.41) is 5.62. The Morgan fingerprint density at radius 1 is 1.11 bits per heavy atom. The van der Waals surface area contributed by atoms with Crippen LogP contribution in [0.1, 0.15) is 11.1 Å². The maximum atomic E-state index is 12.2. The van der Waals surface area contributed by atoms with Gasteiger partial charge in [0.15, 0.2) is 6.61 Å². The van der Waals surface area contributed by atoms with Gasteiger partial charge < -0.3 is 25.0 Å². The highest BCUT2D eigenvalue weighted by Crippen LogP contribution is 2.22. The fourth-order valence-corrected chi connectivity index (χ4v) is 2.98. The third kappa shape index (κ3) is 5.39. The average Bonchev–Trinajstić information content (AvgIpc) is 2.88. The van der Waals surface area contributed by atoms with E-state index in [1.165, 1.54) is 0 Å². The van der Waals surface area contributed by atoms with E-state index in [0.29, 0.717) is 26.2 Å². The Balaban J connectivity index is 1.38. The van der Waals surface area contributed by atoms with Crippen LogP contribution in [0.3, 0.4) is 0 Å². The van der Waals surface area contributed by atoms with Crippen molar-refractivity contribution in [3.8, 4) is 11.5 Å². The molecule has 0 saturated carbocycles. The standard InChI is InChI=1S/C21H25N3O4/c1-27-18-8-6-16(7-9-18)10-11-22-21(26)23-12-13-24-14-17-4-2-3-5-19(17)28-15-20(24)25/h2-9H,10-15H2,1H3,(H2,22,23,26). The number of hydrogen-bond acceptors (Lipinski definition) is 4. The second-order valence-electron chi connectivity index (χ2n) is 6.49. The quantitative estimate of drug-likeness (QED) is 0.766. The minimum Gasteiger partial charge on any atom is -0.497 e. The third-order valence-corrected chi connectivity index (χ3v) is 4.56. The maximum Gasteiger partial charge on any atom is 0.314 e. The molecule has 3 amide bonds. The number of amides is 3. The Morgan fingerprint density at radius 2 is 1.86 bits per heavy atom. The number of fused-ring (bicyclic) bond motifs is 1. The summed E-state index contributed by atoms with van der Waals surface area (Å²) in [7, 11) is 1.63. The lowest BCUT2D eigenvalue weighted by atomic mass is 10.1. The first kappa shape index (κ1) is 19.5. The lowest BCUT2D eigenvalue weighted by Gasteiger charge is -2.20. The van der Waals surface area contributed by atoms with Crippen LogP contribution in [0.4, 0.5) is 4.79 Å². The first-order chi connectivity index (χ1) is 13.7. The Morgan fingerprint density at radius 3 is 2.64 bits per heavy atom. The number of rotatable bonds is 7. The molecule has 0 bridgehead atoms. The van der Waals surface area contributed by atoms with E-state index in [0.717, 1.165) is 29.0 Å². The summed E-state index contributed by atoms with van der Waals surface area (Å²) in [6, 6.07) is 15.1. The van der Waals surface area contributed by atoms with Crippen molar-refractivity contribution in [1.82, 2.24) is 15.5 Å². The number of carbonyl (C=O) groups excluding carboxylic acids is 2. The van der Waals surface area contributed by atoms with Gasteiger partial charge in [0.1, 0.15) is 11.5 Å². The van der Waals surface area contributed by atoms with Crippen molar-refractivity contribution in [3.05, 3.63) is 59.7 Å². The van der Waals surface area contributed by atoms with Crippen molar-refractivity contribution in [1.29, 1.82) is 0 Å². The number of carbonyl (C=O) groups is 2. The monoisotopic (exact) mass is 383 g/mol. The molecule has 7 nitrogen and oxygen atoms in total. The molecule has 0 radical (unpaired) electrons. The smallest absolute Gasteiger partial charge is 0.314 e. The predicted molar refractivity (Wildman–Crippen MR) is 105 cm³/mol. The van der Waals surface area contributed by atoms with E-state index in [1.54, 1.807) is 12.0 Å². The number of para-hydroxylation sites is 1. The van der Waals surface area contributed by atoms with Crippen molar-refractivity contribution in [3.63, 3.8) is 0 Å². The molecule has 1 aliphatic rings. The molecule has 1 aliphatic heterocycles. The molecule has 7 heteroatoms. The normalized spacial score (nSPS) is 13.2. The minimum absolute atomic E-state index is 0.0189. The molecular formula is C21H25N3O4. The Bertz CT molecular complexity index is 808. The van der Waals surface area contributed by atoms with Crippen LogP contribution >= 0.6 is 0 Å². The Hall–Kier alpha value is -3.22. The predicted octanol–water partition coefficient (Wildman–Crippen LogP) is 1.96. The van der Waals surface area contributed by atoms with Gasteiger partial charge in [0.05, 0.1) is 7.11 Å². The summed E-state index contributed by atoms with van der Waals surface area (Å²) in [4.78, 5) is 25.8. The number of nitrogens with one attached hydrogen (secondary N) is 2. The van der Waals surface area contributed by atoms with Crippen LogP contribution in [0.15, 0.2) is 48.5 Å². The second-order valence-corrected chi connectivity index (χ2v) is 6.49. The third-order valence-electron chi connectivity index (χ3n) is 4.56. The van der Waals surface area contributed by atoms with Crippen LogP contribution in [-0.2, 0) is 17.8 Å². The van der Waals surface area contributed by atoms with Crippen LogP contribution < -0.4 is 20.1 Å². The van der Waals surface area contributed by atoms with Crippen LogP contribution in [0.25, 0.3) is 0 Å². The van der Waals surface area contributed by atoms with Gasteiger partial charge in [-0.15, -0.1) is 0 Å². The molecule has 0 spiro atoms. The number of ether oxygens (including phenoxy) is 2. The van der Waals surface area contributed by atoms with E-state index >= 15 is 0 Å². The SMILES string of the molecule is COc1ccc(CCNC(=O)NCCN2Cc3ccccc3OCC2=O)cc1. The van der Waals surface area contributed by atoms with Crippen molar-refractivity contribution >= 4 is 11.9 Å². The van der Waals surface area contributed by atoms with Crippen LogP contribution in [0.5, 0.6) is 11.5 Å². The van der Waals surface area contributed by atoms with Crippen LogP contribution in [0, 0.1) is 0 Å². The van der Waals surface area contributed by atoms with Gasteiger partial charge in [-0.05, 0) is 30.2 Å². The molecule has 0 aliphatic carbocycles. The van der Waals surface area contributed by atoms with Crippen molar-refractivity contribution < 1.29 is 19.1 Å². The van der Waals surface area contributed by atoms with Crippen LogP contribution in [-0.4, -0.2) is 50.2 Å². The topological polar surface area (TPSA) is 79.9 Å². The highest BCUT2D eigenvalue weighted by Gasteiger charge is 2.20. The van der Waals surface area contributed by atoms with E-state index in [9.17, 15) is 9.59 Å². The van der Waals surface area contributed by atoms with Gasteiger partial charge in [-0.25, -0.2) is 4.79 Å². The zero-order valence-electron chi connectivity index (χ0n) is 15.9. The molecule has 0 aromatic heterocycles. The van der Waals surface area contributed by atoms with Gasteiger partial charge in [-0.1, -0.05) is 30.3 Å². The van der Waals surface area contributed by atoms with Gasteiger partial charge in [0.25, 0.3) is 5.91 Å². The molecule has 0 saturated heterocycles. The lowest BCUT2D eigenvalue weighted by molar-refractivity contribution is -0.133. The second kappa shape index (κ2) is 9.64. The summed E-state index contributed by atoms with van der Waals surface area (Å²) in [5.41, 5.74) is 2.09. The molecule has 0 unspecified atom stereocenters. The van der Waals surface area contributed by atoms with Crippen LogP contribution in [0.2, 0.25) is 0 Å². The molecule has 148 valence electrons. The molecule has 2 aromatic carbocycles. The highest BCUT2D eigenvalue weighted by molar-refractivity contribution is 5.78. The summed E-state index contributed by atoms with van der Waals surface area (Å²) in [6.07, 6.45) is 0.732. The van der Waals surface area contributed by atoms with E-state index in [2.05, 4.69) is 10.6 Å². The molecule has 3 rings (SSSR count). The van der Waals surface area contributed by atoms with Crippen molar-refractivity contribution in [2.45, 2.75) is 13.0 Å². The number of urea groups is 1. The number of benzene rings is 2. The molecule has 1 heterocycles. The molecular weight excluding hydrogens is 358 g/mol. The fraction of sp³-hybridized carbons (Fsp3) is 0.333. The zero-order chi connectivity index (χ0) is 19.8. The maximum absolute atomic E-state index is 12.2. The summed E-state index contributed by atoms with van der Waals surface area (Å²) in [5.74, 6) is 1.46. The van der Waals surface area contributed by atoms with Gasteiger partial charge in [-0.2, -0.15) is 0 Å². The Labute approximate surface area is 164 Å². The van der Waals surface area contributed by atoms with Crippen molar-refractivity contribution in [2.24, 2.45) is 0 Å². The molecule has 0 atom stereocenters. The Kier molecular flexibility index (Phi) is 6.73. The first-order valence-corrected chi connectivity index (χ1v) is 9.29. The largest absolute Gasteiger partial charge is 0.497 e. The average molecular weight is 383 g/mol. The molecule has 2 N–H and O–H groups in total. The fourth-order valence-electron chi connectivity index (χ4n) is 2.98. The first-order valence-electron chi connectivity index (χ1n) is 9.29. The molecule has 0 fully saturated rings. The zero-order valence-corrected chi connectivity index (χ0v) is 15.9. The number of hydrogen-bond donors (Lipinski definition) is 2. The van der Waals surface area contributed by atoms with E-state index < -0.39 is 0 Å². The van der Waals surface area contributed by atoms with Gasteiger partial charge >= 0.3 is 6.03 Å². The van der Waals surface area contributed by atoms with Crippen molar-refractivity contribution in [2.75, 3.05) is 33.4 Å². The number of nitrogens with zero attached hydrogens (tertiary/aromatic N) is 1. The van der Waals surface area contributed by atoms with E-state index in [4.69, 9.17) is 9.47 Å². The van der Waals surface area contributed by atoms with Gasteiger partial charge in [0, 0.05) is 31.7 Å². The number of methoxy groups -OCH3 is 1.